The Balaban J connectivity index is 1.91. The molecule has 2 aromatic carbocycles. The van der Waals surface area contributed by atoms with Gasteiger partial charge < -0.3 is 0 Å². The molecule has 0 aliphatic heterocycles. The topological polar surface area (TPSA) is 0 Å². The quantitative estimate of drug-likeness (QED) is 0.744. The molecule has 94 valence electrons. The molecule has 0 spiro atoms. The molecule has 2 rings (SSSR count). The van der Waals surface area contributed by atoms with E-state index in [0.717, 1.165) is 10.0 Å². The Morgan fingerprint density at radius 3 is 2.00 bits per heavy atom. The summed E-state index contributed by atoms with van der Waals surface area (Å²) in [4.78, 5) is -2.58. The summed E-state index contributed by atoms with van der Waals surface area (Å²) in [5, 5.41) is 0. The molecule has 0 nitrogen and oxygen atoms in total. The predicted octanol–water partition coefficient (Wildman–Crippen LogP) is 3.24. The first-order valence-electron chi connectivity index (χ1n) is 5.81. The van der Waals surface area contributed by atoms with Gasteiger partial charge in [-0.1, -0.05) is 0 Å². The summed E-state index contributed by atoms with van der Waals surface area (Å²) in [6, 6.07) is 18.5. The van der Waals surface area contributed by atoms with Gasteiger partial charge in [0.1, 0.15) is 0 Å². The summed E-state index contributed by atoms with van der Waals surface area (Å²) in [5.41, 5.74) is 0.973. The second-order valence-electron chi connectivity index (χ2n) is 4.04. The number of benzene rings is 2. The molecule has 0 bridgehead atoms. The summed E-state index contributed by atoms with van der Waals surface area (Å²) in [5.74, 6) is 0. The van der Waals surface area contributed by atoms with Gasteiger partial charge in [0.15, 0.2) is 0 Å². The van der Waals surface area contributed by atoms with E-state index in [-0.39, 0.29) is 6.42 Å². The third-order valence-electron chi connectivity index (χ3n) is 2.56. The number of hydrogen-bond donors (Lipinski definition) is 0. The zero-order valence-electron chi connectivity index (χ0n) is 9.85. The first-order valence-corrected chi connectivity index (χ1v) is 7.53. The van der Waals surface area contributed by atoms with Gasteiger partial charge in [0.05, 0.1) is 0 Å². The molecule has 2 aromatic rings. The number of rotatable bonds is 5. The number of alkyl halides is 2. The van der Waals surface area contributed by atoms with E-state index in [0.29, 0.717) is 6.42 Å². The number of aryl methyl sites for hydroxylation is 1. The van der Waals surface area contributed by atoms with E-state index in [2.05, 4.69) is 0 Å². The molecular formula is C15H14F2Se. The predicted molar refractivity (Wildman–Crippen MR) is 71.5 cm³/mol. The Kier molecular flexibility index (Phi) is 4.51. The molecule has 0 aliphatic carbocycles. The first kappa shape index (κ1) is 13.3. The Bertz CT molecular complexity index is 468. The minimum atomic E-state index is -2.58. The van der Waals surface area contributed by atoms with Crippen molar-refractivity contribution in [1.29, 1.82) is 0 Å². The van der Waals surface area contributed by atoms with Gasteiger partial charge >= 0.3 is 112 Å². The van der Waals surface area contributed by atoms with Crippen LogP contribution in [0, 0.1) is 0 Å². The van der Waals surface area contributed by atoms with Crippen molar-refractivity contribution >= 4 is 19.4 Å². The van der Waals surface area contributed by atoms with Crippen molar-refractivity contribution < 1.29 is 8.78 Å². The molecule has 0 aliphatic rings. The SMILES string of the molecule is FC(F)(CCc1ccccc1)[Se]c1ccccc1. The van der Waals surface area contributed by atoms with Crippen molar-refractivity contribution in [2.24, 2.45) is 0 Å². The van der Waals surface area contributed by atoms with Crippen LogP contribution >= 0.6 is 0 Å². The van der Waals surface area contributed by atoms with Crippen LogP contribution in [0.25, 0.3) is 0 Å². The van der Waals surface area contributed by atoms with Crippen molar-refractivity contribution in [3.63, 3.8) is 0 Å². The van der Waals surface area contributed by atoms with Crippen molar-refractivity contribution in [2.45, 2.75) is 17.7 Å². The summed E-state index contributed by atoms with van der Waals surface area (Å²) in [6.45, 7) is 0. The van der Waals surface area contributed by atoms with E-state index in [1.54, 1.807) is 12.1 Å². The molecule has 0 saturated heterocycles. The molecule has 3 heteroatoms. The fourth-order valence-electron chi connectivity index (χ4n) is 1.65. The van der Waals surface area contributed by atoms with Crippen molar-refractivity contribution in [2.75, 3.05) is 0 Å². The zero-order chi connectivity index (χ0) is 12.8. The average molecular weight is 311 g/mol. The summed E-state index contributed by atoms with van der Waals surface area (Å²) in [6.07, 6.45) is 0.355. The molecule has 0 radical (unpaired) electrons. The van der Waals surface area contributed by atoms with Crippen LogP contribution in [0.1, 0.15) is 12.0 Å². The number of halogens is 2. The van der Waals surface area contributed by atoms with Gasteiger partial charge in [0.25, 0.3) is 0 Å². The molecule has 0 fully saturated rings. The van der Waals surface area contributed by atoms with Crippen LogP contribution in [-0.2, 0) is 6.42 Å². The van der Waals surface area contributed by atoms with E-state index in [1.807, 2.05) is 48.5 Å². The maximum absolute atomic E-state index is 13.8. The van der Waals surface area contributed by atoms with Gasteiger partial charge in [-0.05, 0) is 0 Å². The van der Waals surface area contributed by atoms with Gasteiger partial charge in [-0.25, -0.2) is 0 Å². The molecule has 0 saturated carbocycles. The normalized spacial score (nSPS) is 11.4. The van der Waals surface area contributed by atoms with E-state index in [9.17, 15) is 8.78 Å². The molecule has 0 amide bonds. The Morgan fingerprint density at radius 2 is 1.39 bits per heavy atom. The van der Waals surface area contributed by atoms with Gasteiger partial charge in [-0.2, -0.15) is 0 Å². The van der Waals surface area contributed by atoms with Crippen molar-refractivity contribution in [1.82, 2.24) is 0 Å². The standard InChI is InChI=1S/C15H14F2Se/c16-15(17,18-14-9-5-2-6-10-14)12-11-13-7-3-1-4-8-13/h1-10H,11-12H2. The van der Waals surface area contributed by atoms with Gasteiger partial charge in [-0.15, -0.1) is 0 Å². The van der Waals surface area contributed by atoms with Crippen molar-refractivity contribution in [3.8, 4) is 0 Å². The summed E-state index contributed by atoms with van der Waals surface area (Å²) in [7, 11) is 0. The second-order valence-corrected chi connectivity index (χ2v) is 6.71. The molecule has 0 atom stereocenters. The van der Waals surface area contributed by atoms with Crippen LogP contribution in [0.2, 0.25) is 0 Å². The van der Waals surface area contributed by atoms with Gasteiger partial charge in [0, 0.05) is 0 Å². The molecule has 0 N–H and O–H groups in total. The van der Waals surface area contributed by atoms with E-state index < -0.39 is 19.8 Å². The van der Waals surface area contributed by atoms with Crippen LogP contribution in [0.15, 0.2) is 60.7 Å². The molecule has 18 heavy (non-hydrogen) atoms. The maximum atomic E-state index is 13.8. The first-order chi connectivity index (χ1) is 8.66. The van der Waals surface area contributed by atoms with E-state index in [1.165, 1.54) is 0 Å². The molecule has 0 heterocycles. The second kappa shape index (κ2) is 6.12. The average Bonchev–Trinajstić information content (AvgIpc) is 2.38. The third kappa shape index (κ3) is 4.25. The Morgan fingerprint density at radius 1 is 0.833 bits per heavy atom. The summed E-state index contributed by atoms with van der Waals surface area (Å²) >= 11 is -0.789. The van der Waals surface area contributed by atoms with Crippen LogP contribution in [0.4, 0.5) is 8.78 Å². The van der Waals surface area contributed by atoms with E-state index >= 15 is 0 Å². The van der Waals surface area contributed by atoms with Crippen molar-refractivity contribution in [3.05, 3.63) is 66.2 Å². The van der Waals surface area contributed by atoms with Gasteiger partial charge in [0.2, 0.25) is 0 Å². The monoisotopic (exact) mass is 312 g/mol. The van der Waals surface area contributed by atoms with Crippen LogP contribution < -0.4 is 4.46 Å². The molecular weight excluding hydrogens is 297 g/mol. The Hall–Kier alpha value is -1.18. The minimum absolute atomic E-state index is 0.0775. The van der Waals surface area contributed by atoms with Crippen LogP contribution in [-0.4, -0.2) is 19.8 Å². The Labute approximate surface area is 112 Å². The molecule has 0 aromatic heterocycles. The number of hydrogen-bond acceptors (Lipinski definition) is 0. The van der Waals surface area contributed by atoms with E-state index in [4.69, 9.17) is 0 Å². The summed E-state index contributed by atoms with van der Waals surface area (Å²) < 4.78 is 28.4. The van der Waals surface area contributed by atoms with Crippen LogP contribution in [0.5, 0.6) is 0 Å². The fourth-order valence-corrected chi connectivity index (χ4v) is 3.41. The van der Waals surface area contributed by atoms with Gasteiger partial charge in [-0.3, -0.25) is 0 Å². The van der Waals surface area contributed by atoms with Crippen LogP contribution in [0.3, 0.4) is 0 Å². The third-order valence-corrected chi connectivity index (χ3v) is 4.68. The molecule has 0 unspecified atom stereocenters. The fraction of sp³-hybridized carbons (Fsp3) is 0.200. The zero-order valence-corrected chi connectivity index (χ0v) is 11.6.